The number of pyridine rings is 1. The van der Waals surface area contributed by atoms with Crippen molar-refractivity contribution < 1.29 is 14.3 Å². The van der Waals surface area contributed by atoms with Gasteiger partial charge < -0.3 is 9.64 Å². The Labute approximate surface area is 136 Å². The van der Waals surface area contributed by atoms with Gasteiger partial charge in [-0.15, -0.1) is 0 Å². The van der Waals surface area contributed by atoms with E-state index < -0.39 is 0 Å². The van der Waals surface area contributed by atoms with Gasteiger partial charge in [-0.05, 0) is 32.4 Å². The fourth-order valence-corrected chi connectivity index (χ4v) is 2.53. The Morgan fingerprint density at radius 2 is 2.04 bits per heavy atom. The van der Waals surface area contributed by atoms with E-state index >= 15 is 0 Å². The van der Waals surface area contributed by atoms with E-state index in [0.29, 0.717) is 31.8 Å². The van der Waals surface area contributed by atoms with Crippen LogP contribution in [0.3, 0.4) is 0 Å². The fourth-order valence-electron chi connectivity index (χ4n) is 2.53. The molecule has 6 nitrogen and oxygen atoms in total. The predicted molar refractivity (Wildman–Crippen MR) is 87.4 cm³/mol. The molecular formula is C17H23N3O3. The van der Waals surface area contributed by atoms with Crippen LogP contribution in [0, 0.1) is 0 Å². The average molecular weight is 317 g/mol. The van der Waals surface area contributed by atoms with Crippen molar-refractivity contribution in [3.63, 3.8) is 0 Å². The van der Waals surface area contributed by atoms with Gasteiger partial charge in [-0.3, -0.25) is 14.0 Å². The maximum Gasteiger partial charge on any atom is 0.307 e. The van der Waals surface area contributed by atoms with Crippen LogP contribution in [0.4, 0.5) is 0 Å². The summed E-state index contributed by atoms with van der Waals surface area (Å²) in [6.07, 6.45) is 2.72. The number of carbonyl (C=O) groups is 2. The van der Waals surface area contributed by atoms with Crippen molar-refractivity contribution >= 4 is 17.5 Å². The smallest absolute Gasteiger partial charge is 0.307 e. The molecule has 6 heteroatoms. The lowest BCUT2D eigenvalue weighted by atomic mass is 10.2. The lowest BCUT2D eigenvalue weighted by molar-refractivity contribution is -0.143. The number of rotatable bonds is 7. The van der Waals surface area contributed by atoms with Crippen molar-refractivity contribution in [3.8, 4) is 0 Å². The molecule has 0 saturated carbocycles. The van der Waals surface area contributed by atoms with Crippen LogP contribution in [0.25, 0.3) is 5.65 Å². The highest BCUT2D eigenvalue weighted by molar-refractivity contribution is 5.95. The molecule has 0 atom stereocenters. The summed E-state index contributed by atoms with van der Waals surface area (Å²) in [6, 6.07) is 5.65. The molecule has 0 radical (unpaired) electrons. The van der Waals surface area contributed by atoms with Crippen molar-refractivity contribution in [1.29, 1.82) is 0 Å². The van der Waals surface area contributed by atoms with Gasteiger partial charge in [-0.1, -0.05) is 13.0 Å². The molecule has 0 aliphatic heterocycles. The maximum absolute atomic E-state index is 12.9. The van der Waals surface area contributed by atoms with E-state index in [1.54, 1.807) is 11.8 Å². The Morgan fingerprint density at radius 1 is 1.26 bits per heavy atom. The number of nitrogens with zero attached hydrogens (tertiary/aromatic N) is 3. The molecule has 0 fully saturated rings. The van der Waals surface area contributed by atoms with Gasteiger partial charge in [0.25, 0.3) is 5.91 Å². The molecule has 0 aliphatic carbocycles. The van der Waals surface area contributed by atoms with E-state index in [4.69, 9.17) is 4.74 Å². The Bertz CT molecular complexity index is 693. The number of amides is 1. The molecule has 2 heterocycles. The largest absolute Gasteiger partial charge is 0.466 e. The number of fused-ring (bicyclic) bond motifs is 1. The van der Waals surface area contributed by atoms with Gasteiger partial charge in [-0.25, -0.2) is 4.98 Å². The SMILES string of the molecule is CCOC(=O)CCN(CC)C(=O)c1c(CC)nc2ccccn12. The quantitative estimate of drug-likeness (QED) is 0.735. The summed E-state index contributed by atoms with van der Waals surface area (Å²) in [7, 11) is 0. The van der Waals surface area contributed by atoms with Crippen molar-refractivity contribution in [2.75, 3.05) is 19.7 Å². The first kappa shape index (κ1) is 17.0. The third-order valence-electron chi connectivity index (χ3n) is 3.70. The van der Waals surface area contributed by atoms with Crippen LogP contribution in [0.1, 0.15) is 43.4 Å². The number of ether oxygens (including phenoxy) is 1. The highest BCUT2D eigenvalue weighted by Gasteiger charge is 2.23. The van der Waals surface area contributed by atoms with E-state index in [0.717, 1.165) is 11.3 Å². The van der Waals surface area contributed by atoms with Crippen LogP contribution < -0.4 is 0 Å². The summed E-state index contributed by atoms with van der Waals surface area (Å²) in [4.78, 5) is 30.6. The van der Waals surface area contributed by atoms with E-state index in [2.05, 4.69) is 4.98 Å². The van der Waals surface area contributed by atoms with Crippen LogP contribution in [0.15, 0.2) is 24.4 Å². The molecule has 0 aromatic carbocycles. The number of hydrogen-bond acceptors (Lipinski definition) is 4. The van der Waals surface area contributed by atoms with Gasteiger partial charge in [-0.2, -0.15) is 0 Å². The van der Waals surface area contributed by atoms with Crippen molar-refractivity contribution in [2.45, 2.75) is 33.6 Å². The average Bonchev–Trinajstić information content (AvgIpc) is 2.94. The molecule has 124 valence electrons. The molecule has 0 saturated heterocycles. The third kappa shape index (κ3) is 3.70. The van der Waals surface area contributed by atoms with Crippen LogP contribution in [-0.2, 0) is 16.0 Å². The highest BCUT2D eigenvalue weighted by atomic mass is 16.5. The second-order valence-electron chi connectivity index (χ2n) is 5.13. The van der Waals surface area contributed by atoms with E-state index in [1.165, 1.54) is 0 Å². The minimum atomic E-state index is -0.285. The first-order valence-corrected chi connectivity index (χ1v) is 8.03. The Kier molecular flexibility index (Phi) is 5.73. The van der Waals surface area contributed by atoms with E-state index in [1.807, 2.05) is 42.6 Å². The fraction of sp³-hybridized carbons (Fsp3) is 0.471. The van der Waals surface area contributed by atoms with Crippen LogP contribution in [0.2, 0.25) is 0 Å². The molecule has 0 aliphatic rings. The number of esters is 1. The van der Waals surface area contributed by atoms with Gasteiger partial charge in [0.1, 0.15) is 11.3 Å². The number of aryl methyl sites for hydroxylation is 1. The zero-order valence-electron chi connectivity index (χ0n) is 13.9. The molecule has 0 bridgehead atoms. The molecule has 0 spiro atoms. The zero-order chi connectivity index (χ0) is 16.8. The van der Waals surface area contributed by atoms with Gasteiger partial charge >= 0.3 is 5.97 Å². The summed E-state index contributed by atoms with van der Waals surface area (Å²) in [6.45, 7) is 6.88. The molecule has 0 N–H and O–H groups in total. The van der Waals surface area contributed by atoms with E-state index in [-0.39, 0.29) is 18.3 Å². The maximum atomic E-state index is 12.9. The third-order valence-corrected chi connectivity index (χ3v) is 3.70. The van der Waals surface area contributed by atoms with Gasteiger partial charge in [0.05, 0.1) is 18.7 Å². The second kappa shape index (κ2) is 7.76. The molecule has 2 aromatic rings. The Hall–Kier alpha value is -2.37. The normalized spacial score (nSPS) is 10.7. The molecule has 2 aromatic heterocycles. The topological polar surface area (TPSA) is 63.9 Å². The predicted octanol–water partition coefficient (Wildman–Crippen LogP) is 2.31. The monoisotopic (exact) mass is 317 g/mol. The number of hydrogen-bond donors (Lipinski definition) is 0. The minimum absolute atomic E-state index is 0.104. The Morgan fingerprint density at radius 3 is 2.70 bits per heavy atom. The molecule has 2 rings (SSSR count). The lowest BCUT2D eigenvalue weighted by Crippen LogP contribution is -2.34. The van der Waals surface area contributed by atoms with E-state index in [9.17, 15) is 9.59 Å². The van der Waals surface area contributed by atoms with Crippen LogP contribution in [0.5, 0.6) is 0 Å². The first-order valence-electron chi connectivity index (χ1n) is 8.03. The van der Waals surface area contributed by atoms with Gasteiger partial charge in [0.15, 0.2) is 0 Å². The van der Waals surface area contributed by atoms with Crippen LogP contribution in [-0.4, -0.2) is 45.9 Å². The molecule has 1 amide bonds. The van der Waals surface area contributed by atoms with Crippen molar-refractivity contribution in [1.82, 2.24) is 14.3 Å². The lowest BCUT2D eigenvalue weighted by Gasteiger charge is -2.20. The standard InChI is InChI=1S/C17H23N3O3/c1-4-13-16(20-11-8-7-9-14(20)18-13)17(22)19(5-2)12-10-15(21)23-6-3/h7-9,11H,4-6,10,12H2,1-3H3. The number of carbonyl (C=O) groups excluding carboxylic acids is 2. The summed E-state index contributed by atoms with van der Waals surface area (Å²) in [5.41, 5.74) is 2.11. The summed E-state index contributed by atoms with van der Waals surface area (Å²) in [5.74, 6) is -0.389. The second-order valence-corrected chi connectivity index (χ2v) is 5.13. The number of imidazole rings is 1. The summed E-state index contributed by atoms with van der Waals surface area (Å²) < 4.78 is 6.74. The minimum Gasteiger partial charge on any atom is -0.466 e. The molecule has 0 unspecified atom stereocenters. The highest BCUT2D eigenvalue weighted by Crippen LogP contribution is 2.16. The van der Waals surface area contributed by atoms with Gasteiger partial charge in [0.2, 0.25) is 0 Å². The zero-order valence-corrected chi connectivity index (χ0v) is 13.9. The van der Waals surface area contributed by atoms with Crippen molar-refractivity contribution in [2.24, 2.45) is 0 Å². The summed E-state index contributed by atoms with van der Waals surface area (Å²) >= 11 is 0. The summed E-state index contributed by atoms with van der Waals surface area (Å²) in [5, 5.41) is 0. The molecule has 23 heavy (non-hydrogen) atoms. The number of aromatic nitrogens is 2. The first-order chi connectivity index (χ1) is 11.1. The molecular weight excluding hydrogens is 294 g/mol. The van der Waals surface area contributed by atoms with Crippen LogP contribution >= 0.6 is 0 Å². The van der Waals surface area contributed by atoms with Crippen molar-refractivity contribution in [3.05, 3.63) is 35.8 Å². The Balaban J connectivity index is 2.25. The van der Waals surface area contributed by atoms with Gasteiger partial charge in [0, 0.05) is 19.3 Å².